The van der Waals surface area contributed by atoms with Gasteiger partial charge in [0.05, 0.1) is 11.3 Å². The molecular weight excluding hydrogens is 280 g/mol. The quantitative estimate of drug-likeness (QED) is 0.912. The number of carbonyl (C=O) groups is 2. The lowest BCUT2D eigenvalue weighted by Crippen LogP contribution is -2.15. The Morgan fingerprint density at radius 2 is 1.76 bits per heavy atom. The molecule has 108 valence electrons. The van der Waals surface area contributed by atoms with Crippen molar-refractivity contribution in [3.05, 3.63) is 64.7 Å². The standard InChI is InChI=1S/C15H11F2NO3/c1-8-4-9(6-11(17)5-8)14(19)18-13-7-10(16)2-3-12(13)15(20)21/h2-7H,1H3,(H,18,19)(H,20,21). The fraction of sp³-hybridized carbons (Fsp3) is 0.0667. The van der Waals surface area contributed by atoms with Crippen LogP contribution in [-0.2, 0) is 0 Å². The van der Waals surface area contributed by atoms with Crippen LogP contribution in [-0.4, -0.2) is 17.0 Å². The highest BCUT2D eigenvalue weighted by Crippen LogP contribution is 2.19. The van der Waals surface area contributed by atoms with E-state index in [0.717, 1.165) is 24.3 Å². The van der Waals surface area contributed by atoms with Crippen molar-refractivity contribution in [2.75, 3.05) is 5.32 Å². The van der Waals surface area contributed by atoms with E-state index in [1.165, 1.54) is 12.1 Å². The van der Waals surface area contributed by atoms with E-state index in [2.05, 4.69) is 5.32 Å². The third-order valence-electron chi connectivity index (χ3n) is 2.76. The van der Waals surface area contributed by atoms with Crippen molar-refractivity contribution in [3.63, 3.8) is 0 Å². The van der Waals surface area contributed by atoms with Gasteiger partial charge in [0.25, 0.3) is 5.91 Å². The highest BCUT2D eigenvalue weighted by molar-refractivity contribution is 6.07. The number of anilines is 1. The Kier molecular flexibility index (Phi) is 3.98. The van der Waals surface area contributed by atoms with Gasteiger partial charge < -0.3 is 10.4 Å². The number of carboxylic acid groups (broad SMARTS) is 1. The second-order valence-corrected chi connectivity index (χ2v) is 4.47. The second kappa shape index (κ2) is 5.70. The fourth-order valence-corrected chi connectivity index (χ4v) is 1.87. The van der Waals surface area contributed by atoms with E-state index in [-0.39, 0.29) is 16.8 Å². The lowest BCUT2D eigenvalue weighted by atomic mass is 10.1. The molecule has 6 heteroatoms. The second-order valence-electron chi connectivity index (χ2n) is 4.47. The van der Waals surface area contributed by atoms with Crippen molar-refractivity contribution < 1.29 is 23.5 Å². The summed E-state index contributed by atoms with van der Waals surface area (Å²) in [5.74, 6) is -3.30. The number of hydrogen-bond donors (Lipinski definition) is 2. The van der Waals surface area contributed by atoms with Crippen molar-refractivity contribution in [3.8, 4) is 0 Å². The van der Waals surface area contributed by atoms with Gasteiger partial charge in [-0.1, -0.05) is 0 Å². The molecule has 0 bridgehead atoms. The van der Waals surface area contributed by atoms with Crippen molar-refractivity contribution in [2.45, 2.75) is 6.92 Å². The van der Waals surface area contributed by atoms with Gasteiger partial charge in [-0.15, -0.1) is 0 Å². The number of rotatable bonds is 3. The van der Waals surface area contributed by atoms with Gasteiger partial charge in [0.2, 0.25) is 0 Å². The van der Waals surface area contributed by atoms with Crippen molar-refractivity contribution in [1.29, 1.82) is 0 Å². The van der Waals surface area contributed by atoms with Crippen LogP contribution in [0.5, 0.6) is 0 Å². The van der Waals surface area contributed by atoms with Gasteiger partial charge in [0.15, 0.2) is 0 Å². The summed E-state index contributed by atoms with van der Waals surface area (Å²) in [4.78, 5) is 23.0. The first kappa shape index (κ1) is 14.6. The number of halogens is 2. The predicted molar refractivity (Wildman–Crippen MR) is 72.4 cm³/mol. The molecule has 0 aliphatic carbocycles. The van der Waals surface area contributed by atoms with E-state index in [1.807, 2.05) is 0 Å². The Balaban J connectivity index is 2.35. The highest BCUT2D eigenvalue weighted by Gasteiger charge is 2.15. The van der Waals surface area contributed by atoms with Crippen LogP contribution < -0.4 is 5.32 Å². The minimum atomic E-state index is -1.30. The first-order valence-electron chi connectivity index (χ1n) is 5.98. The summed E-state index contributed by atoms with van der Waals surface area (Å²) in [7, 11) is 0. The normalized spacial score (nSPS) is 10.2. The average molecular weight is 291 g/mol. The van der Waals surface area contributed by atoms with Gasteiger partial charge in [0, 0.05) is 5.56 Å². The summed E-state index contributed by atoms with van der Waals surface area (Å²) in [6.45, 7) is 1.62. The van der Waals surface area contributed by atoms with Crippen LogP contribution >= 0.6 is 0 Å². The van der Waals surface area contributed by atoms with Crippen molar-refractivity contribution >= 4 is 17.6 Å². The zero-order valence-corrected chi connectivity index (χ0v) is 11.0. The number of aryl methyl sites for hydroxylation is 1. The molecular formula is C15H11F2NO3. The molecule has 1 amide bonds. The van der Waals surface area contributed by atoms with E-state index in [0.29, 0.717) is 5.56 Å². The van der Waals surface area contributed by atoms with Crippen LogP contribution in [0.3, 0.4) is 0 Å². The number of carbonyl (C=O) groups excluding carboxylic acids is 1. The minimum Gasteiger partial charge on any atom is -0.478 e. The molecule has 0 radical (unpaired) electrons. The molecule has 2 aromatic carbocycles. The molecule has 2 rings (SSSR count). The lowest BCUT2D eigenvalue weighted by Gasteiger charge is -2.09. The number of carboxylic acids is 1. The third kappa shape index (κ3) is 3.42. The summed E-state index contributed by atoms with van der Waals surface area (Å²) in [5, 5.41) is 11.3. The molecule has 0 atom stereocenters. The topological polar surface area (TPSA) is 66.4 Å². The van der Waals surface area contributed by atoms with Gasteiger partial charge in [-0.3, -0.25) is 4.79 Å². The van der Waals surface area contributed by atoms with Gasteiger partial charge in [-0.2, -0.15) is 0 Å². The van der Waals surface area contributed by atoms with Crippen molar-refractivity contribution in [2.24, 2.45) is 0 Å². The number of aromatic carboxylic acids is 1. The molecule has 0 unspecified atom stereocenters. The van der Waals surface area contributed by atoms with Gasteiger partial charge >= 0.3 is 5.97 Å². The largest absolute Gasteiger partial charge is 0.478 e. The maximum atomic E-state index is 13.3. The van der Waals surface area contributed by atoms with Crippen LogP contribution in [0.25, 0.3) is 0 Å². The first-order chi connectivity index (χ1) is 9.86. The molecule has 0 aromatic heterocycles. The van der Waals surface area contributed by atoms with Crippen LogP contribution in [0, 0.1) is 18.6 Å². The van der Waals surface area contributed by atoms with E-state index in [1.54, 1.807) is 6.92 Å². The Morgan fingerprint density at radius 3 is 2.38 bits per heavy atom. The third-order valence-corrected chi connectivity index (χ3v) is 2.76. The molecule has 0 spiro atoms. The number of hydrogen-bond acceptors (Lipinski definition) is 2. The molecule has 2 aromatic rings. The molecule has 0 aliphatic heterocycles. The average Bonchev–Trinajstić information content (AvgIpc) is 2.37. The zero-order valence-electron chi connectivity index (χ0n) is 11.0. The molecule has 4 nitrogen and oxygen atoms in total. The number of benzene rings is 2. The fourth-order valence-electron chi connectivity index (χ4n) is 1.87. The van der Waals surface area contributed by atoms with E-state index in [9.17, 15) is 18.4 Å². The summed E-state index contributed by atoms with van der Waals surface area (Å²) in [6.07, 6.45) is 0. The SMILES string of the molecule is Cc1cc(F)cc(C(=O)Nc2cc(F)ccc2C(=O)O)c1. The summed E-state index contributed by atoms with van der Waals surface area (Å²) < 4.78 is 26.5. The van der Waals surface area contributed by atoms with Crippen LogP contribution in [0.1, 0.15) is 26.3 Å². The van der Waals surface area contributed by atoms with E-state index < -0.39 is 23.5 Å². The molecule has 0 saturated heterocycles. The minimum absolute atomic E-state index is 0.0214. The molecule has 2 N–H and O–H groups in total. The van der Waals surface area contributed by atoms with Crippen LogP contribution in [0.4, 0.5) is 14.5 Å². The summed E-state index contributed by atoms with van der Waals surface area (Å²) in [5.41, 5.74) is 0.123. The molecule has 0 heterocycles. The van der Waals surface area contributed by atoms with Crippen LogP contribution in [0.15, 0.2) is 36.4 Å². The maximum Gasteiger partial charge on any atom is 0.337 e. The van der Waals surface area contributed by atoms with E-state index >= 15 is 0 Å². The zero-order chi connectivity index (χ0) is 15.6. The maximum absolute atomic E-state index is 13.3. The Morgan fingerprint density at radius 1 is 1.05 bits per heavy atom. The van der Waals surface area contributed by atoms with Gasteiger partial charge in [0.1, 0.15) is 11.6 Å². The van der Waals surface area contributed by atoms with Gasteiger partial charge in [-0.05, 0) is 48.9 Å². The molecule has 21 heavy (non-hydrogen) atoms. The number of amides is 1. The Labute approximate surface area is 119 Å². The monoisotopic (exact) mass is 291 g/mol. The lowest BCUT2D eigenvalue weighted by molar-refractivity contribution is 0.0698. The van der Waals surface area contributed by atoms with Gasteiger partial charge in [-0.25, -0.2) is 13.6 Å². The van der Waals surface area contributed by atoms with Crippen LogP contribution in [0.2, 0.25) is 0 Å². The Bertz CT molecular complexity index is 709. The molecule has 0 saturated carbocycles. The molecule has 0 fully saturated rings. The summed E-state index contributed by atoms with van der Waals surface area (Å²) >= 11 is 0. The van der Waals surface area contributed by atoms with Crippen molar-refractivity contribution in [1.82, 2.24) is 0 Å². The number of nitrogens with one attached hydrogen (secondary N) is 1. The Hall–Kier alpha value is -2.76. The summed E-state index contributed by atoms with van der Waals surface area (Å²) in [6, 6.07) is 6.63. The smallest absolute Gasteiger partial charge is 0.337 e. The molecule has 0 aliphatic rings. The highest BCUT2D eigenvalue weighted by atomic mass is 19.1. The first-order valence-corrected chi connectivity index (χ1v) is 5.98. The van der Waals surface area contributed by atoms with E-state index in [4.69, 9.17) is 5.11 Å². The predicted octanol–water partition coefficient (Wildman–Crippen LogP) is 3.22.